The summed E-state index contributed by atoms with van der Waals surface area (Å²) in [4.78, 5) is 14.0. The summed E-state index contributed by atoms with van der Waals surface area (Å²) in [6, 6.07) is 15.4. The summed E-state index contributed by atoms with van der Waals surface area (Å²) in [7, 11) is 0. The standard InChI is InChI=1S/C22H19ClN8O2S/c23-14-8-10-15(11-9-14)34-12-18-19(26-30-31(18)21-20(24)28-33-29-21)22(32)27-25-17-7-3-5-13-4-1-2-6-16(13)17/h1-2,4,6,8-11H,3,5,7,12H2,(H2,24,28)(H,27,32). The molecule has 0 saturated heterocycles. The molecule has 1 amide bonds. The molecule has 12 heteroatoms. The van der Waals surface area contributed by atoms with Crippen LogP contribution < -0.4 is 11.2 Å². The molecule has 5 rings (SSSR count). The van der Waals surface area contributed by atoms with Crippen LogP contribution in [-0.2, 0) is 12.2 Å². The molecule has 0 spiro atoms. The van der Waals surface area contributed by atoms with Crippen LogP contribution in [0.1, 0.15) is 40.2 Å². The number of benzene rings is 2. The van der Waals surface area contributed by atoms with Crippen LogP contribution >= 0.6 is 23.4 Å². The van der Waals surface area contributed by atoms with E-state index in [1.54, 1.807) is 12.1 Å². The Morgan fingerprint density at radius 1 is 1.18 bits per heavy atom. The van der Waals surface area contributed by atoms with Gasteiger partial charge in [0.2, 0.25) is 11.6 Å². The highest BCUT2D eigenvalue weighted by Gasteiger charge is 2.24. The van der Waals surface area contributed by atoms with Crippen LogP contribution in [-0.4, -0.2) is 36.9 Å². The molecular weight excluding hydrogens is 476 g/mol. The zero-order valence-electron chi connectivity index (χ0n) is 17.8. The zero-order chi connectivity index (χ0) is 23.5. The summed E-state index contributed by atoms with van der Waals surface area (Å²) in [6.07, 6.45) is 2.75. The number of thioether (sulfide) groups is 1. The SMILES string of the molecule is Nc1nonc1-n1nnc(C(=O)NN=C2CCCc3ccccc32)c1CSc1ccc(Cl)cc1. The molecule has 2 heterocycles. The fourth-order valence-corrected chi connectivity index (χ4v) is 4.70. The number of nitrogens with two attached hydrogens (primary N) is 1. The highest BCUT2D eigenvalue weighted by Crippen LogP contribution is 2.27. The highest BCUT2D eigenvalue weighted by molar-refractivity contribution is 7.98. The Kier molecular flexibility index (Phi) is 6.28. The molecule has 0 atom stereocenters. The first kappa shape index (κ1) is 22.1. The van der Waals surface area contributed by atoms with E-state index in [0.717, 1.165) is 35.4 Å². The summed E-state index contributed by atoms with van der Waals surface area (Å²) in [5.74, 6) is 0.0614. The second-order valence-corrected chi connectivity index (χ2v) is 9.01. The number of aryl methyl sites for hydroxylation is 1. The number of hydrogen-bond donors (Lipinski definition) is 2. The summed E-state index contributed by atoms with van der Waals surface area (Å²) in [5.41, 5.74) is 12.2. The molecule has 172 valence electrons. The minimum atomic E-state index is -0.483. The van der Waals surface area contributed by atoms with Crippen molar-refractivity contribution in [1.82, 2.24) is 30.7 Å². The van der Waals surface area contributed by atoms with Crippen molar-refractivity contribution in [3.8, 4) is 5.82 Å². The van der Waals surface area contributed by atoms with Crippen LogP contribution in [0, 0.1) is 0 Å². The van der Waals surface area contributed by atoms with Crippen LogP contribution in [0.15, 0.2) is 63.2 Å². The van der Waals surface area contributed by atoms with E-state index in [1.807, 2.05) is 30.3 Å². The van der Waals surface area contributed by atoms with E-state index in [2.05, 4.69) is 37.2 Å². The van der Waals surface area contributed by atoms with E-state index in [-0.39, 0.29) is 17.3 Å². The number of nitrogens with zero attached hydrogens (tertiary/aromatic N) is 6. The molecule has 0 saturated carbocycles. The normalized spacial score (nSPS) is 14.2. The summed E-state index contributed by atoms with van der Waals surface area (Å²) >= 11 is 7.46. The average Bonchev–Trinajstić information content (AvgIpc) is 3.47. The number of nitrogens with one attached hydrogen (secondary N) is 1. The molecule has 0 unspecified atom stereocenters. The molecule has 1 aliphatic rings. The van der Waals surface area contributed by atoms with Crippen molar-refractivity contribution in [2.75, 3.05) is 5.73 Å². The lowest BCUT2D eigenvalue weighted by Gasteiger charge is -2.17. The Hall–Kier alpha value is -3.70. The highest BCUT2D eigenvalue weighted by atomic mass is 35.5. The van der Waals surface area contributed by atoms with Crippen LogP contribution in [0.3, 0.4) is 0 Å². The fourth-order valence-electron chi connectivity index (χ4n) is 3.69. The molecule has 1 aliphatic carbocycles. The van der Waals surface area contributed by atoms with E-state index < -0.39 is 5.91 Å². The van der Waals surface area contributed by atoms with Gasteiger partial charge in [-0.05, 0) is 59.4 Å². The van der Waals surface area contributed by atoms with E-state index in [0.29, 0.717) is 16.5 Å². The summed E-state index contributed by atoms with van der Waals surface area (Å²) in [6.45, 7) is 0. The predicted octanol–water partition coefficient (Wildman–Crippen LogP) is 3.65. The molecule has 0 radical (unpaired) electrons. The van der Waals surface area contributed by atoms with Crippen LogP contribution in [0.4, 0.5) is 5.82 Å². The van der Waals surface area contributed by atoms with Gasteiger partial charge in [-0.1, -0.05) is 41.1 Å². The van der Waals surface area contributed by atoms with Gasteiger partial charge in [0.05, 0.1) is 11.4 Å². The van der Waals surface area contributed by atoms with Crippen molar-refractivity contribution in [3.63, 3.8) is 0 Å². The van der Waals surface area contributed by atoms with Gasteiger partial charge in [-0.2, -0.15) is 9.78 Å². The second kappa shape index (κ2) is 9.65. The maximum absolute atomic E-state index is 13.1. The fraction of sp³-hybridized carbons (Fsp3) is 0.182. The number of rotatable bonds is 6. The number of aromatic nitrogens is 5. The molecule has 0 aliphatic heterocycles. The van der Waals surface area contributed by atoms with Crippen molar-refractivity contribution >= 4 is 40.8 Å². The number of fused-ring (bicyclic) bond motifs is 1. The lowest BCUT2D eigenvalue weighted by Crippen LogP contribution is -2.23. The first-order valence-corrected chi connectivity index (χ1v) is 11.8. The Balaban J connectivity index is 1.42. The smallest absolute Gasteiger partial charge is 0.293 e. The lowest BCUT2D eigenvalue weighted by molar-refractivity contribution is 0.0949. The number of hydrazone groups is 1. The number of carbonyl (C=O) groups excluding carboxylic acids is 1. The monoisotopic (exact) mass is 494 g/mol. The number of amides is 1. The van der Waals surface area contributed by atoms with Crippen molar-refractivity contribution in [2.45, 2.75) is 29.9 Å². The Labute approximate surface area is 203 Å². The third kappa shape index (κ3) is 4.52. The largest absolute Gasteiger partial charge is 0.378 e. The van der Waals surface area contributed by atoms with Crippen molar-refractivity contribution in [3.05, 3.63) is 76.1 Å². The third-order valence-corrected chi connectivity index (χ3v) is 6.62. The Morgan fingerprint density at radius 2 is 2.00 bits per heavy atom. The van der Waals surface area contributed by atoms with Crippen LogP contribution in [0.5, 0.6) is 0 Å². The van der Waals surface area contributed by atoms with Gasteiger partial charge < -0.3 is 5.73 Å². The number of nitrogen functional groups attached to an aromatic ring is 1. The second-order valence-electron chi connectivity index (χ2n) is 7.52. The van der Waals surface area contributed by atoms with Crippen molar-refractivity contribution in [2.24, 2.45) is 5.10 Å². The predicted molar refractivity (Wildman–Crippen MR) is 128 cm³/mol. The van der Waals surface area contributed by atoms with Gasteiger partial charge in [0.25, 0.3) is 5.91 Å². The molecule has 0 fully saturated rings. The Morgan fingerprint density at radius 3 is 2.79 bits per heavy atom. The molecule has 0 bridgehead atoms. The maximum atomic E-state index is 13.1. The minimum absolute atomic E-state index is 0.0358. The number of carbonyl (C=O) groups is 1. The van der Waals surface area contributed by atoms with E-state index >= 15 is 0 Å². The Bertz CT molecular complexity index is 1370. The molecule has 10 nitrogen and oxygen atoms in total. The van der Waals surface area contributed by atoms with Gasteiger partial charge in [0, 0.05) is 21.2 Å². The van der Waals surface area contributed by atoms with Gasteiger partial charge in [0.1, 0.15) is 0 Å². The van der Waals surface area contributed by atoms with Crippen molar-refractivity contribution in [1.29, 1.82) is 0 Å². The molecular formula is C22H19ClN8O2S. The van der Waals surface area contributed by atoms with Crippen molar-refractivity contribution < 1.29 is 9.42 Å². The first-order valence-electron chi connectivity index (χ1n) is 10.5. The minimum Gasteiger partial charge on any atom is -0.378 e. The molecule has 34 heavy (non-hydrogen) atoms. The number of hydrogen-bond acceptors (Lipinski definition) is 9. The van der Waals surface area contributed by atoms with Crippen LogP contribution in [0.25, 0.3) is 5.82 Å². The first-order chi connectivity index (χ1) is 16.6. The number of anilines is 1. The van der Waals surface area contributed by atoms with Gasteiger partial charge in [0.15, 0.2) is 5.69 Å². The zero-order valence-corrected chi connectivity index (χ0v) is 19.4. The van der Waals surface area contributed by atoms with E-state index in [9.17, 15) is 4.79 Å². The van der Waals surface area contributed by atoms with Gasteiger partial charge in [-0.15, -0.1) is 16.9 Å². The van der Waals surface area contributed by atoms with Gasteiger partial charge >= 0.3 is 0 Å². The molecule has 2 aromatic carbocycles. The third-order valence-electron chi connectivity index (χ3n) is 5.34. The lowest BCUT2D eigenvalue weighted by atomic mass is 9.90. The topological polar surface area (TPSA) is 137 Å². The maximum Gasteiger partial charge on any atom is 0.293 e. The van der Waals surface area contributed by atoms with Gasteiger partial charge in [-0.25, -0.2) is 10.1 Å². The van der Waals surface area contributed by atoms with Crippen LogP contribution in [0.2, 0.25) is 5.02 Å². The summed E-state index contributed by atoms with van der Waals surface area (Å²) < 4.78 is 6.06. The average molecular weight is 495 g/mol. The summed E-state index contributed by atoms with van der Waals surface area (Å²) in [5, 5.41) is 20.6. The number of halogens is 1. The molecule has 4 aromatic rings. The molecule has 3 N–H and O–H groups in total. The molecule has 2 aromatic heterocycles. The van der Waals surface area contributed by atoms with E-state index in [1.165, 1.54) is 22.0 Å². The van der Waals surface area contributed by atoms with Gasteiger partial charge in [-0.3, -0.25) is 4.79 Å². The quantitative estimate of drug-likeness (QED) is 0.306. The van der Waals surface area contributed by atoms with E-state index in [4.69, 9.17) is 22.0 Å².